The van der Waals surface area contributed by atoms with Crippen molar-refractivity contribution in [2.24, 2.45) is 5.92 Å². The zero-order valence-corrected chi connectivity index (χ0v) is 17.3. The Kier molecular flexibility index (Phi) is 5.17. The third-order valence-electron chi connectivity index (χ3n) is 7.51. The maximum absolute atomic E-state index is 13.0. The lowest BCUT2D eigenvalue weighted by Gasteiger charge is -2.39. The molecule has 5 rings (SSSR count). The fourth-order valence-electron chi connectivity index (χ4n) is 5.62. The van der Waals surface area contributed by atoms with E-state index in [1.807, 2.05) is 0 Å². The Balaban J connectivity index is 1.42. The number of nitrogens with zero attached hydrogens (tertiary/aromatic N) is 2. The van der Waals surface area contributed by atoms with Crippen LogP contribution in [0.2, 0.25) is 0 Å². The number of rotatable bonds is 6. The molecule has 2 heterocycles. The SMILES string of the molecule is O=C1CC[C@]2(c3ccccc3)CCN(CCc3ccccc3)[C@@H]2CN1CC1CC1. The van der Waals surface area contributed by atoms with Gasteiger partial charge in [0.25, 0.3) is 0 Å². The summed E-state index contributed by atoms with van der Waals surface area (Å²) in [6.45, 7) is 4.10. The first-order valence-electron chi connectivity index (χ1n) is 11.4. The minimum Gasteiger partial charge on any atom is -0.341 e. The summed E-state index contributed by atoms with van der Waals surface area (Å²) in [5.41, 5.74) is 2.96. The summed E-state index contributed by atoms with van der Waals surface area (Å²) in [7, 11) is 0. The maximum atomic E-state index is 13.0. The van der Waals surface area contributed by atoms with E-state index < -0.39 is 0 Å². The van der Waals surface area contributed by atoms with Crippen molar-refractivity contribution >= 4 is 5.91 Å². The number of hydrogen-bond acceptors (Lipinski definition) is 2. The average molecular weight is 389 g/mol. The van der Waals surface area contributed by atoms with Crippen molar-refractivity contribution < 1.29 is 4.79 Å². The molecule has 3 aliphatic rings. The van der Waals surface area contributed by atoms with Gasteiger partial charge in [-0.15, -0.1) is 0 Å². The summed E-state index contributed by atoms with van der Waals surface area (Å²) in [5.74, 6) is 1.13. The number of carbonyl (C=O) groups is 1. The van der Waals surface area contributed by atoms with E-state index in [4.69, 9.17) is 0 Å². The smallest absolute Gasteiger partial charge is 0.222 e. The second-order valence-corrected chi connectivity index (χ2v) is 9.30. The highest BCUT2D eigenvalue weighted by atomic mass is 16.2. The monoisotopic (exact) mass is 388 g/mol. The highest BCUT2D eigenvalue weighted by molar-refractivity contribution is 5.77. The second-order valence-electron chi connectivity index (χ2n) is 9.30. The molecule has 3 fully saturated rings. The molecule has 152 valence electrons. The van der Waals surface area contributed by atoms with E-state index in [0.717, 1.165) is 44.9 Å². The van der Waals surface area contributed by atoms with E-state index in [-0.39, 0.29) is 5.41 Å². The Morgan fingerprint density at radius 3 is 2.38 bits per heavy atom. The van der Waals surface area contributed by atoms with Gasteiger partial charge in [-0.3, -0.25) is 9.69 Å². The van der Waals surface area contributed by atoms with Crippen molar-refractivity contribution in [1.82, 2.24) is 9.80 Å². The molecule has 3 nitrogen and oxygen atoms in total. The third-order valence-corrected chi connectivity index (χ3v) is 7.51. The van der Waals surface area contributed by atoms with Crippen LogP contribution in [0.3, 0.4) is 0 Å². The Morgan fingerprint density at radius 1 is 0.931 bits per heavy atom. The molecule has 0 radical (unpaired) electrons. The van der Waals surface area contributed by atoms with Crippen LogP contribution in [0.5, 0.6) is 0 Å². The zero-order chi connectivity index (χ0) is 19.7. The van der Waals surface area contributed by atoms with Gasteiger partial charge in [-0.2, -0.15) is 0 Å². The normalized spacial score (nSPS) is 27.7. The minimum atomic E-state index is 0.117. The molecule has 3 heteroatoms. The number of amides is 1. The molecule has 0 unspecified atom stereocenters. The topological polar surface area (TPSA) is 23.6 Å². The molecule has 0 spiro atoms. The summed E-state index contributed by atoms with van der Waals surface area (Å²) in [6.07, 6.45) is 6.54. The van der Waals surface area contributed by atoms with Crippen LogP contribution in [-0.4, -0.2) is 47.9 Å². The van der Waals surface area contributed by atoms with Gasteiger partial charge in [0.2, 0.25) is 5.91 Å². The first kappa shape index (κ1) is 18.9. The van der Waals surface area contributed by atoms with E-state index in [9.17, 15) is 4.79 Å². The maximum Gasteiger partial charge on any atom is 0.222 e. The van der Waals surface area contributed by atoms with Crippen LogP contribution in [0, 0.1) is 5.92 Å². The Labute approximate surface area is 174 Å². The van der Waals surface area contributed by atoms with E-state index in [2.05, 4.69) is 70.5 Å². The number of benzene rings is 2. The van der Waals surface area contributed by atoms with Crippen LogP contribution >= 0.6 is 0 Å². The number of carbonyl (C=O) groups excluding carboxylic acids is 1. The summed E-state index contributed by atoms with van der Waals surface area (Å²) in [6, 6.07) is 22.3. The van der Waals surface area contributed by atoms with Gasteiger partial charge in [0.1, 0.15) is 0 Å². The Bertz CT molecular complexity index is 832. The predicted octanol–water partition coefficient (Wildman–Crippen LogP) is 4.27. The van der Waals surface area contributed by atoms with Crippen LogP contribution in [0.4, 0.5) is 0 Å². The molecule has 2 aromatic rings. The van der Waals surface area contributed by atoms with Crippen LogP contribution in [-0.2, 0) is 16.6 Å². The second kappa shape index (κ2) is 7.95. The van der Waals surface area contributed by atoms with Gasteiger partial charge in [-0.25, -0.2) is 0 Å². The standard InChI is InChI=1S/C26H32N2O/c29-25-13-15-26(23-9-5-2-6-10-23)16-18-27(17-14-21-7-3-1-4-8-21)24(26)20-28(25)19-22-11-12-22/h1-10,22,24H,11-20H2/t24-,26-/m1/s1. The molecule has 2 saturated heterocycles. The van der Waals surface area contributed by atoms with Gasteiger partial charge >= 0.3 is 0 Å². The van der Waals surface area contributed by atoms with Crippen LogP contribution < -0.4 is 0 Å². The molecular formula is C26H32N2O. The molecule has 0 bridgehead atoms. The van der Waals surface area contributed by atoms with Gasteiger partial charge in [0, 0.05) is 37.5 Å². The Morgan fingerprint density at radius 2 is 1.66 bits per heavy atom. The first-order valence-corrected chi connectivity index (χ1v) is 11.4. The molecular weight excluding hydrogens is 356 g/mol. The number of likely N-dealkylation sites (tertiary alicyclic amines) is 2. The largest absolute Gasteiger partial charge is 0.341 e. The van der Waals surface area contributed by atoms with E-state index in [1.165, 1.54) is 30.4 Å². The average Bonchev–Trinajstić information content (AvgIpc) is 3.54. The number of fused-ring (bicyclic) bond motifs is 1. The van der Waals surface area contributed by atoms with Gasteiger partial charge in [-0.1, -0.05) is 60.7 Å². The van der Waals surface area contributed by atoms with Crippen molar-refractivity contribution in [3.63, 3.8) is 0 Å². The lowest BCUT2D eigenvalue weighted by molar-refractivity contribution is -0.131. The fraction of sp³-hybridized carbons (Fsp3) is 0.500. The Hall–Kier alpha value is -2.13. The third kappa shape index (κ3) is 3.85. The molecule has 0 N–H and O–H groups in total. The summed E-state index contributed by atoms with van der Waals surface area (Å²) in [5, 5.41) is 0. The molecule has 1 amide bonds. The van der Waals surface area contributed by atoms with Gasteiger partial charge in [0.15, 0.2) is 0 Å². The molecule has 1 aliphatic carbocycles. The predicted molar refractivity (Wildman–Crippen MR) is 117 cm³/mol. The first-order chi connectivity index (χ1) is 14.2. The fourth-order valence-corrected chi connectivity index (χ4v) is 5.62. The van der Waals surface area contributed by atoms with Crippen molar-refractivity contribution in [2.75, 3.05) is 26.2 Å². The molecule has 1 saturated carbocycles. The molecule has 0 aromatic heterocycles. The highest BCUT2D eigenvalue weighted by Crippen LogP contribution is 2.46. The summed E-state index contributed by atoms with van der Waals surface area (Å²) in [4.78, 5) is 17.9. The van der Waals surface area contributed by atoms with Crippen molar-refractivity contribution in [2.45, 2.75) is 50.0 Å². The van der Waals surface area contributed by atoms with Crippen LogP contribution in [0.1, 0.15) is 43.2 Å². The summed E-state index contributed by atoms with van der Waals surface area (Å²) < 4.78 is 0. The van der Waals surface area contributed by atoms with Crippen molar-refractivity contribution in [3.05, 3.63) is 71.8 Å². The molecule has 2 aromatic carbocycles. The lowest BCUT2D eigenvalue weighted by Crippen LogP contribution is -2.49. The van der Waals surface area contributed by atoms with E-state index in [0.29, 0.717) is 18.4 Å². The minimum absolute atomic E-state index is 0.117. The van der Waals surface area contributed by atoms with Crippen molar-refractivity contribution in [1.29, 1.82) is 0 Å². The molecule has 2 atom stereocenters. The summed E-state index contributed by atoms with van der Waals surface area (Å²) >= 11 is 0. The molecule has 29 heavy (non-hydrogen) atoms. The quantitative estimate of drug-likeness (QED) is 0.738. The van der Waals surface area contributed by atoms with Gasteiger partial charge in [-0.05, 0) is 55.7 Å². The van der Waals surface area contributed by atoms with Gasteiger partial charge in [0.05, 0.1) is 0 Å². The van der Waals surface area contributed by atoms with Crippen molar-refractivity contribution in [3.8, 4) is 0 Å². The van der Waals surface area contributed by atoms with E-state index >= 15 is 0 Å². The van der Waals surface area contributed by atoms with Gasteiger partial charge < -0.3 is 4.90 Å². The highest BCUT2D eigenvalue weighted by Gasteiger charge is 2.51. The van der Waals surface area contributed by atoms with E-state index in [1.54, 1.807) is 0 Å². The van der Waals surface area contributed by atoms with Crippen LogP contribution in [0.25, 0.3) is 0 Å². The molecule has 2 aliphatic heterocycles. The van der Waals surface area contributed by atoms with Crippen LogP contribution in [0.15, 0.2) is 60.7 Å². The zero-order valence-electron chi connectivity index (χ0n) is 17.3. The number of hydrogen-bond donors (Lipinski definition) is 0. The lowest BCUT2D eigenvalue weighted by atomic mass is 9.71.